The van der Waals surface area contributed by atoms with E-state index in [1.807, 2.05) is 17.6 Å². The van der Waals surface area contributed by atoms with E-state index in [2.05, 4.69) is 4.98 Å². The van der Waals surface area contributed by atoms with Crippen molar-refractivity contribution >= 4 is 20.9 Å². The van der Waals surface area contributed by atoms with Gasteiger partial charge in [-0.1, -0.05) is 6.07 Å². The molecular formula is C14H19N3O2S. The van der Waals surface area contributed by atoms with E-state index < -0.39 is 9.84 Å². The number of nitrogens with zero attached hydrogens (tertiary/aromatic N) is 2. The highest BCUT2D eigenvalue weighted by molar-refractivity contribution is 7.91. The number of sulfone groups is 1. The smallest absolute Gasteiger partial charge is 0.177 e. The Balaban J connectivity index is 2.31. The van der Waals surface area contributed by atoms with Crippen LogP contribution in [0.4, 0.5) is 0 Å². The molecule has 1 saturated carbocycles. The first-order valence-corrected chi connectivity index (χ1v) is 8.72. The van der Waals surface area contributed by atoms with Crippen LogP contribution < -0.4 is 5.73 Å². The van der Waals surface area contributed by atoms with Crippen molar-refractivity contribution in [1.29, 1.82) is 0 Å². The Morgan fingerprint density at radius 2 is 2.15 bits per heavy atom. The number of benzene rings is 1. The van der Waals surface area contributed by atoms with Crippen molar-refractivity contribution in [2.24, 2.45) is 11.7 Å². The van der Waals surface area contributed by atoms with E-state index in [1.165, 1.54) is 19.1 Å². The fourth-order valence-corrected chi connectivity index (χ4v) is 3.45. The van der Waals surface area contributed by atoms with Gasteiger partial charge >= 0.3 is 0 Å². The second kappa shape index (κ2) is 4.56. The third kappa shape index (κ3) is 2.33. The van der Waals surface area contributed by atoms with Crippen LogP contribution in [0.5, 0.6) is 0 Å². The second-order valence-corrected chi connectivity index (χ2v) is 7.69. The van der Waals surface area contributed by atoms with Gasteiger partial charge in [0, 0.05) is 12.8 Å². The number of fused-ring (bicyclic) bond motifs is 1. The summed E-state index contributed by atoms with van der Waals surface area (Å²) in [5.74, 6) is 1.39. The van der Waals surface area contributed by atoms with Crippen LogP contribution in [0.25, 0.3) is 11.0 Å². The third-order valence-corrected chi connectivity index (χ3v) is 4.83. The number of imidazole rings is 1. The average Bonchev–Trinajstić information content (AvgIpc) is 3.08. The average molecular weight is 293 g/mol. The number of para-hydroxylation sites is 1. The van der Waals surface area contributed by atoms with Gasteiger partial charge in [0.05, 0.1) is 22.0 Å². The van der Waals surface area contributed by atoms with Crippen molar-refractivity contribution in [2.75, 3.05) is 6.26 Å². The van der Waals surface area contributed by atoms with Crippen molar-refractivity contribution in [3.63, 3.8) is 0 Å². The van der Waals surface area contributed by atoms with Gasteiger partial charge in [0.25, 0.3) is 0 Å². The van der Waals surface area contributed by atoms with Crippen LogP contribution in [0.1, 0.15) is 31.6 Å². The molecule has 1 aromatic heterocycles. The fourth-order valence-electron chi connectivity index (χ4n) is 2.56. The van der Waals surface area contributed by atoms with E-state index in [0.29, 0.717) is 21.8 Å². The molecule has 0 radical (unpaired) electrons. The van der Waals surface area contributed by atoms with Crippen molar-refractivity contribution < 1.29 is 8.42 Å². The topological polar surface area (TPSA) is 78.0 Å². The molecule has 6 heteroatoms. The van der Waals surface area contributed by atoms with Crippen molar-refractivity contribution in [3.05, 3.63) is 24.0 Å². The van der Waals surface area contributed by atoms with Gasteiger partial charge in [-0.25, -0.2) is 13.4 Å². The zero-order chi connectivity index (χ0) is 14.5. The van der Waals surface area contributed by atoms with E-state index in [9.17, 15) is 8.42 Å². The summed E-state index contributed by atoms with van der Waals surface area (Å²) < 4.78 is 26.0. The maximum Gasteiger partial charge on any atom is 0.177 e. The third-order valence-electron chi connectivity index (χ3n) is 3.70. The minimum atomic E-state index is -3.28. The Bertz CT molecular complexity index is 758. The zero-order valence-corrected chi connectivity index (χ0v) is 12.5. The van der Waals surface area contributed by atoms with E-state index in [-0.39, 0.29) is 6.04 Å². The van der Waals surface area contributed by atoms with E-state index in [0.717, 1.165) is 12.4 Å². The molecule has 0 unspecified atom stereocenters. The molecule has 2 aromatic rings. The van der Waals surface area contributed by atoms with Gasteiger partial charge in [-0.05, 0) is 37.8 Å². The molecule has 3 rings (SSSR count). The zero-order valence-electron chi connectivity index (χ0n) is 11.7. The summed E-state index contributed by atoms with van der Waals surface area (Å²) in [6.45, 7) is 2.69. The summed E-state index contributed by atoms with van der Waals surface area (Å²) in [4.78, 5) is 4.88. The van der Waals surface area contributed by atoms with Crippen LogP contribution in [-0.2, 0) is 16.4 Å². The predicted molar refractivity (Wildman–Crippen MR) is 78.2 cm³/mol. The van der Waals surface area contributed by atoms with Gasteiger partial charge < -0.3 is 10.3 Å². The summed E-state index contributed by atoms with van der Waals surface area (Å²) in [7, 11) is -3.28. The van der Waals surface area contributed by atoms with Crippen LogP contribution in [0.3, 0.4) is 0 Å². The molecule has 2 N–H and O–H groups in total. The molecule has 0 amide bonds. The predicted octanol–water partition coefficient (Wildman–Crippen LogP) is 1.87. The molecule has 0 spiro atoms. The van der Waals surface area contributed by atoms with Crippen LogP contribution in [-0.4, -0.2) is 24.2 Å². The number of rotatable bonds is 4. The Morgan fingerprint density at radius 1 is 1.45 bits per heavy atom. The second-order valence-electron chi connectivity index (χ2n) is 5.71. The maximum absolute atomic E-state index is 12.0. The van der Waals surface area contributed by atoms with E-state index in [1.54, 1.807) is 12.1 Å². The van der Waals surface area contributed by atoms with Gasteiger partial charge in [-0.2, -0.15) is 0 Å². The molecule has 0 bridgehead atoms. The minimum Gasteiger partial charge on any atom is -0.325 e. The number of hydrogen-bond donors (Lipinski definition) is 1. The lowest BCUT2D eigenvalue weighted by atomic mass is 10.3. The number of hydrogen-bond acceptors (Lipinski definition) is 4. The van der Waals surface area contributed by atoms with Gasteiger partial charge in [0.2, 0.25) is 0 Å². The molecule has 1 atom stereocenters. The first-order valence-electron chi connectivity index (χ1n) is 6.82. The summed E-state index contributed by atoms with van der Waals surface area (Å²) in [6, 6.07) is 5.01. The molecule has 1 heterocycles. The molecule has 0 saturated heterocycles. The standard InChI is InChI=1S/C14H19N3O2S/c1-9(15)14-16-11-4-3-5-12(20(2,18)19)13(11)17(14)8-10-6-7-10/h3-5,9-10H,6-8,15H2,1-2H3/t9-/m0/s1. The first-order chi connectivity index (χ1) is 9.38. The molecule has 5 nitrogen and oxygen atoms in total. The fraction of sp³-hybridized carbons (Fsp3) is 0.500. The van der Waals surface area contributed by atoms with Crippen LogP contribution >= 0.6 is 0 Å². The molecule has 0 aliphatic heterocycles. The summed E-state index contributed by atoms with van der Waals surface area (Å²) >= 11 is 0. The molecule has 1 fully saturated rings. The lowest BCUT2D eigenvalue weighted by Gasteiger charge is -2.12. The van der Waals surface area contributed by atoms with Gasteiger partial charge in [0.1, 0.15) is 5.82 Å². The van der Waals surface area contributed by atoms with Crippen LogP contribution in [0.2, 0.25) is 0 Å². The minimum absolute atomic E-state index is 0.214. The summed E-state index contributed by atoms with van der Waals surface area (Å²) in [5, 5.41) is 0. The Morgan fingerprint density at radius 3 is 2.70 bits per heavy atom. The Hall–Kier alpha value is -1.40. The number of nitrogens with two attached hydrogens (primary N) is 1. The van der Waals surface area contributed by atoms with Gasteiger partial charge in [-0.3, -0.25) is 0 Å². The highest BCUT2D eigenvalue weighted by atomic mass is 32.2. The van der Waals surface area contributed by atoms with E-state index in [4.69, 9.17) is 5.73 Å². The van der Waals surface area contributed by atoms with Crippen molar-refractivity contribution in [1.82, 2.24) is 9.55 Å². The Kier molecular flexibility index (Phi) is 3.10. The summed E-state index contributed by atoms with van der Waals surface area (Å²) in [6.07, 6.45) is 3.63. The molecule has 1 aliphatic carbocycles. The number of aromatic nitrogens is 2. The van der Waals surface area contributed by atoms with Gasteiger partial charge in [0.15, 0.2) is 9.84 Å². The van der Waals surface area contributed by atoms with E-state index >= 15 is 0 Å². The lowest BCUT2D eigenvalue weighted by Crippen LogP contribution is -2.15. The lowest BCUT2D eigenvalue weighted by molar-refractivity contribution is 0.576. The monoisotopic (exact) mass is 293 g/mol. The quantitative estimate of drug-likeness (QED) is 0.933. The van der Waals surface area contributed by atoms with Gasteiger partial charge in [-0.15, -0.1) is 0 Å². The largest absolute Gasteiger partial charge is 0.325 e. The van der Waals surface area contributed by atoms with Crippen LogP contribution in [0.15, 0.2) is 23.1 Å². The molecular weight excluding hydrogens is 274 g/mol. The molecule has 20 heavy (non-hydrogen) atoms. The first kappa shape index (κ1) is 13.6. The maximum atomic E-state index is 12.0. The summed E-state index contributed by atoms with van der Waals surface area (Å²) in [5.41, 5.74) is 7.41. The molecule has 108 valence electrons. The molecule has 1 aromatic carbocycles. The molecule has 1 aliphatic rings. The highest BCUT2D eigenvalue weighted by Crippen LogP contribution is 2.34. The SMILES string of the molecule is C[C@H](N)c1nc2cccc(S(C)(=O)=O)c2n1CC1CC1. The van der Waals surface area contributed by atoms with Crippen molar-refractivity contribution in [3.8, 4) is 0 Å². The normalized spacial score (nSPS) is 17.6. The van der Waals surface area contributed by atoms with Crippen molar-refractivity contribution in [2.45, 2.75) is 37.2 Å². The Labute approximate surface area is 118 Å². The van der Waals surface area contributed by atoms with Crippen LogP contribution in [0, 0.1) is 5.92 Å². The highest BCUT2D eigenvalue weighted by Gasteiger charge is 2.27.